The van der Waals surface area contributed by atoms with E-state index in [0.717, 1.165) is 11.8 Å². The predicted octanol–water partition coefficient (Wildman–Crippen LogP) is 4.22. The number of benzene rings is 1. The van der Waals surface area contributed by atoms with Crippen molar-refractivity contribution >= 4 is 5.97 Å². The number of hydrogen-bond acceptors (Lipinski definition) is 2. The van der Waals surface area contributed by atoms with Crippen LogP contribution in [0.1, 0.15) is 42.5 Å². The molecule has 5 rings (SSSR count). The van der Waals surface area contributed by atoms with E-state index in [4.69, 9.17) is 4.74 Å². The molecule has 0 aromatic heterocycles. The minimum absolute atomic E-state index is 0.192. The standard InChI is InChI=1S/C19H22O2/c1-2-19(21-18(20)15-6-4-3-5-7-15)16-9-13-8-14(11-16)12-17(19)10-13/h2-7,13-14,16-17H,1,8-12H2. The average molecular weight is 282 g/mol. The molecular formula is C19H22O2. The van der Waals surface area contributed by atoms with Crippen molar-refractivity contribution in [2.45, 2.75) is 37.7 Å². The minimum Gasteiger partial charge on any atom is -0.451 e. The topological polar surface area (TPSA) is 26.3 Å². The highest BCUT2D eigenvalue weighted by Gasteiger charge is 2.58. The van der Waals surface area contributed by atoms with Crippen LogP contribution in [0.5, 0.6) is 0 Å². The van der Waals surface area contributed by atoms with Gasteiger partial charge in [-0.3, -0.25) is 0 Å². The Morgan fingerprint density at radius 2 is 1.62 bits per heavy atom. The molecule has 1 aromatic carbocycles. The van der Waals surface area contributed by atoms with Crippen LogP contribution in [-0.4, -0.2) is 11.6 Å². The summed E-state index contributed by atoms with van der Waals surface area (Å²) in [6, 6.07) is 9.34. The maximum atomic E-state index is 12.5. The molecule has 1 aromatic rings. The summed E-state index contributed by atoms with van der Waals surface area (Å²) in [6.07, 6.45) is 8.18. The molecule has 110 valence electrons. The first-order chi connectivity index (χ1) is 10.2. The lowest BCUT2D eigenvalue weighted by Gasteiger charge is -2.59. The number of ether oxygens (including phenoxy) is 1. The second-order valence-corrected chi connectivity index (χ2v) is 7.12. The third kappa shape index (κ3) is 1.96. The van der Waals surface area contributed by atoms with Crippen LogP contribution in [-0.2, 0) is 4.74 Å². The molecule has 2 heteroatoms. The molecule has 0 N–H and O–H groups in total. The quantitative estimate of drug-likeness (QED) is 0.613. The lowest BCUT2D eigenvalue weighted by molar-refractivity contribution is -0.147. The van der Waals surface area contributed by atoms with Gasteiger partial charge in [-0.15, -0.1) is 0 Å². The molecule has 0 spiro atoms. The van der Waals surface area contributed by atoms with Gasteiger partial charge in [-0.2, -0.15) is 0 Å². The Labute approximate surface area is 126 Å². The van der Waals surface area contributed by atoms with Crippen molar-refractivity contribution in [1.82, 2.24) is 0 Å². The van der Waals surface area contributed by atoms with Gasteiger partial charge in [-0.1, -0.05) is 24.8 Å². The van der Waals surface area contributed by atoms with Crippen molar-refractivity contribution in [2.75, 3.05) is 0 Å². The smallest absolute Gasteiger partial charge is 0.339 e. The van der Waals surface area contributed by atoms with Crippen LogP contribution >= 0.6 is 0 Å². The monoisotopic (exact) mass is 282 g/mol. The molecule has 0 heterocycles. The van der Waals surface area contributed by atoms with Gasteiger partial charge < -0.3 is 4.74 Å². The van der Waals surface area contributed by atoms with E-state index in [2.05, 4.69) is 6.58 Å². The number of carbonyl (C=O) groups is 1. The molecule has 0 aliphatic heterocycles. The van der Waals surface area contributed by atoms with Crippen LogP contribution in [0.2, 0.25) is 0 Å². The van der Waals surface area contributed by atoms with Crippen molar-refractivity contribution in [3.63, 3.8) is 0 Å². The van der Waals surface area contributed by atoms with Gasteiger partial charge in [0.2, 0.25) is 0 Å². The number of carbonyl (C=O) groups excluding carboxylic acids is 1. The fourth-order valence-corrected chi connectivity index (χ4v) is 5.26. The predicted molar refractivity (Wildman–Crippen MR) is 81.8 cm³/mol. The van der Waals surface area contributed by atoms with Gasteiger partial charge in [0.15, 0.2) is 0 Å². The molecule has 2 nitrogen and oxygen atoms in total. The van der Waals surface area contributed by atoms with Crippen LogP contribution in [0, 0.1) is 23.7 Å². The summed E-state index contributed by atoms with van der Waals surface area (Å²) >= 11 is 0. The lowest BCUT2D eigenvalue weighted by Crippen LogP contribution is -2.58. The molecule has 21 heavy (non-hydrogen) atoms. The maximum Gasteiger partial charge on any atom is 0.339 e. The van der Waals surface area contributed by atoms with Crippen LogP contribution < -0.4 is 0 Å². The van der Waals surface area contributed by atoms with Gasteiger partial charge in [0.25, 0.3) is 0 Å². The third-order valence-corrected chi connectivity index (χ3v) is 6.01. The summed E-state index contributed by atoms with van der Waals surface area (Å²) in [4.78, 5) is 12.5. The Morgan fingerprint density at radius 1 is 1.05 bits per heavy atom. The van der Waals surface area contributed by atoms with E-state index < -0.39 is 5.60 Å². The number of esters is 1. The first-order valence-corrected chi connectivity index (χ1v) is 8.13. The fourth-order valence-electron chi connectivity index (χ4n) is 5.26. The zero-order chi connectivity index (χ0) is 14.4. The van der Waals surface area contributed by atoms with Gasteiger partial charge in [0.1, 0.15) is 5.60 Å². The highest BCUT2D eigenvalue weighted by atomic mass is 16.6. The molecule has 4 fully saturated rings. The summed E-state index contributed by atoms with van der Waals surface area (Å²) in [7, 11) is 0. The second kappa shape index (κ2) is 4.72. The number of hydrogen-bond donors (Lipinski definition) is 0. The Hall–Kier alpha value is -1.57. The molecule has 0 radical (unpaired) electrons. The van der Waals surface area contributed by atoms with Gasteiger partial charge in [-0.05, 0) is 62.1 Å². The van der Waals surface area contributed by atoms with Crippen LogP contribution in [0.3, 0.4) is 0 Å². The number of rotatable bonds is 3. The van der Waals surface area contributed by atoms with E-state index in [1.807, 2.05) is 36.4 Å². The molecule has 4 aliphatic rings. The molecule has 4 bridgehead atoms. The van der Waals surface area contributed by atoms with Crippen molar-refractivity contribution in [2.24, 2.45) is 23.7 Å². The summed E-state index contributed by atoms with van der Waals surface area (Å²) in [5, 5.41) is 0. The summed E-state index contributed by atoms with van der Waals surface area (Å²) in [5.74, 6) is 2.49. The normalized spacial score (nSPS) is 40.0. The summed E-state index contributed by atoms with van der Waals surface area (Å²) < 4.78 is 6.09. The zero-order valence-electron chi connectivity index (χ0n) is 12.3. The van der Waals surface area contributed by atoms with Gasteiger partial charge in [0.05, 0.1) is 5.56 Å². The molecular weight excluding hydrogens is 260 g/mol. The van der Waals surface area contributed by atoms with Crippen LogP contribution in [0.15, 0.2) is 43.0 Å². The third-order valence-electron chi connectivity index (χ3n) is 6.01. The first-order valence-electron chi connectivity index (χ1n) is 8.13. The Balaban J connectivity index is 1.62. The molecule has 4 aliphatic carbocycles. The second-order valence-electron chi connectivity index (χ2n) is 7.12. The van der Waals surface area contributed by atoms with Gasteiger partial charge in [0, 0.05) is 11.8 Å². The van der Waals surface area contributed by atoms with E-state index in [-0.39, 0.29) is 5.97 Å². The van der Waals surface area contributed by atoms with Crippen LogP contribution in [0.4, 0.5) is 0 Å². The Bertz CT molecular complexity index is 532. The van der Waals surface area contributed by atoms with Crippen molar-refractivity contribution in [3.8, 4) is 0 Å². The van der Waals surface area contributed by atoms with Crippen molar-refractivity contribution in [1.29, 1.82) is 0 Å². The largest absolute Gasteiger partial charge is 0.451 e. The molecule has 4 saturated carbocycles. The highest BCUT2D eigenvalue weighted by molar-refractivity contribution is 5.89. The van der Waals surface area contributed by atoms with Gasteiger partial charge in [-0.25, -0.2) is 4.79 Å². The summed E-state index contributed by atoms with van der Waals surface area (Å²) in [6.45, 7) is 4.05. The Kier molecular flexibility index (Phi) is 2.95. The summed E-state index contributed by atoms with van der Waals surface area (Å²) in [5.41, 5.74) is 0.230. The van der Waals surface area contributed by atoms with Crippen LogP contribution in [0.25, 0.3) is 0 Å². The van der Waals surface area contributed by atoms with E-state index in [1.54, 1.807) is 0 Å². The molecule has 0 atom stereocenters. The van der Waals surface area contributed by atoms with Crippen molar-refractivity contribution in [3.05, 3.63) is 48.6 Å². The van der Waals surface area contributed by atoms with E-state index in [1.165, 1.54) is 32.1 Å². The van der Waals surface area contributed by atoms with E-state index in [0.29, 0.717) is 17.4 Å². The SMILES string of the molecule is C=CC1(OC(=O)c2ccccc2)C2CC3CC(C2)CC1C3. The zero-order valence-corrected chi connectivity index (χ0v) is 12.3. The fraction of sp³-hybridized carbons (Fsp3) is 0.526. The molecule has 0 amide bonds. The van der Waals surface area contributed by atoms with E-state index >= 15 is 0 Å². The highest BCUT2D eigenvalue weighted by Crippen LogP contribution is 2.60. The average Bonchev–Trinajstić information content (AvgIpc) is 2.51. The molecule has 0 saturated heterocycles. The van der Waals surface area contributed by atoms with Crippen molar-refractivity contribution < 1.29 is 9.53 Å². The lowest BCUT2D eigenvalue weighted by atomic mass is 9.50. The minimum atomic E-state index is -0.416. The van der Waals surface area contributed by atoms with E-state index in [9.17, 15) is 4.79 Å². The molecule has 0 unspecified atom stereocenters. The van der Waals surface area contributed by atoms with Gasteiger partial charge >= 0.3 is 5.97 Å². The first kappa shape index (κ1) is 13.1. The maximum absolute atomic E-state index is 12.5. The Morgan fingerprint density at radius 3 is 2.14 bits per heavy atom.